The third-order valence-electron chi connectivity index (χ3n) is 3.48. The van der Waals surface area contributed by atoms with Crippen LogP contribution in [0.15, 0.2) is 30.6 Å². The molecule has 0 saturated carbocycles. The van der Waals surface area contributed by atoms with Gasteiger partial charge in [-0.2, -0.15) is 15.4 Å². The number of benzene rings is 1. The molecule has 0 radical (unpaired) electrons. The molecule has 0 fully saturated rings. The van der Waals surface area contributed by atoms with E-state index >= 15 is 0 Å². The van der Waals surface area contributed by atoms with E-state index in [1.807, 2.05) is 12.3 Å². The molecular formula is C15H16ClN7O2. The van der Waals surface area contributed by atoms with Gasteiger partial charge in [0.05, 0.1) is 24.5 Å². The first kappa shape index (κ1) is 16.9. The standard InChI is InChI=1S/C15H16ClN7O2/c1-25-14-4-3-10(7-11(14)16)13-9-23(22-20-13)6-2-5-17-15(24)12-8-18-21-19-12/h3-4,7-9H,2,5-6H2,1H3,(H,17,24)(H,18,19,21). The molecule has 9 nitrogen and oxygen atoms in total. The van der Waals surface area contributed by atoms with Gasteiger partial charge in [0.2, 0.25) is 0 Å². The Balaban J connectivity index is 1.52. The van der Waals surface area contributed by atoms with Crippen LogP contribution in [0.3, 0.4) is 0 Å². The number of amides is 1. The zero-order chi connectivity index (χ0) is 17.6. The summed E-state index contributed by atoms with van der Waals surface area (Å²) in [6.45, 7) is 1.12. The molecule has 25 heavy (non-hydrogen) atoms. The summed E-state index contributed by atoms with van der Waals surface area (Å²) in [6.07, 6.45) is 3.91. The number of nitrogens with one attached hydrogen (secondary N) is 2. The zero-order valence-corrected chi connectivity index (χ0v) is 14.2. The van der Waals surface area contributed by atoms with Gasteiger partial charge in [0.15, 0.2) is 5.69 Å². The molecule has 0 bridgehead atoms. The van der Waals surface area contributed by atoms with Crippen molar-refractivity contribution in [2.75, 3.05) is 13.7 Å². The van der Waals surface area contributed by atoms with Crippen LogP contribution in [0.2, 0.25) is 5.02 Å². The second kappa shape index (κ2) is 7.75. The fourth-order valence-corrected chi connectivity index (χ4v) is 2.47. The first-order valence-electron chi connectivity index (χ1n) is 7.55. The summed E-state index contributed by atoms with van der Waals surface area (Å²) < 4.78 is 6.85. The van der Waals surface area contributed by atoms with Gasteiger partial charge in [0, 0.05) is 18.7 Å². The Morgan fingerprint density at radius 1 is 1.44 bits per heavy atom. The molecule has 0 spiro atoms. The van der Waals surface area contributed by atoms with Crippen LogP contribution in [-0.2, 0) is 6.54 Å². The van der Waals surface area contributed by atoms with Gasteiger partial charge in [-0.1, -0.05) is 16.8 Å². The maximum absolute atomic E-state index is 11.7. The third-order valence-corrected chi connectivity index (χ3v) is 3.78. The molecule has 1 aromatic carbocycles. The number of aromatic nitrogens is 6. The lowest BCUT2D eigenvalue weighted by Gasteiger charge is -2.04. The number of ether oxygens (including phenoxy) is 1. The molecule has 0 saturated heterocycles. The summed E-state index contributed by atoms with van der Waals surface area (Å²) in [7, 11) is 1.57. The molecule has 0 aliphatic carbocycles. The SMILES string of the molecule is COc1ccc(-c2cn(CCCNC(=O)c3cn[nH]n3)nn2)cc1Cl. The van der Waals surface area contributed by atoms with Crippen molar-refractivity contribution in [3.05, 3.63) is 41.3 Å². The smallest absolute Gasteiger partial charge is 0.273 e. The fraction of sp³-hybridized carbons (Fsp3) is 0.267. The second-order valence-electron chi connectivity index (χ2n) is 5.18. The number of carbonyl (C=O) groups is 1. The fourth-order valence-electron chi connectivity index (χ4n) is 2.21. The largest absolute Gasteiger partial charge is 0.495 e. The number of aryl methyl sites for hydroxylation is 1. The first-order chi connectivity index (χ1) is 12.2. The molecule has 3 aromatic rings. The zero-order valence-electron chi connectivity index (χ0n) is 13.4. The summed E-state index contributed by atoms with van der Waals surface area (Å²) in [5.41, 5.74) is 1.84. The van der Waals surface area contributed by atoms with Crippen molar-refractivity contribution in [2.45, 2.75) is 13.0 Å². The predicted molar refractivity (Wildman–Crippen MR) is 90.4 cm³/mol. The van der Waals surface area contributed by atoms with Crippen molar-refractivity contribution in [1.82, 2.24) is 35.7 Å². The molecule has 0 aliphatic rings. The molecule has 2 heterocycles. The van der Waals surface area contributed by atoms with Crippen molar-refractivity contribution in [3.8, 4) is 17.0 Å². The van der Waals surface area contributed by atoms with E-state index in [1.54, 1.807) is 23.9 Å². The molecule has 10 heteroatoms. The van der Waals surface area contributed by atoms with Gasteiger partial charge in [0.1, 0.15) is 11.4 Å². The molecule has 2 N–H and O–H groups in total. The number of aromatic amines is 1. The Labute approximate surface area is 148 Å². The highest BCUT2D eigenvalue weighted by Crippen LogP contribution is 2.29. The average molecular weight is 362 g/mol. The average Bonchev–Trinajstić information content (AvgIpc) is 3.30. The summed E-state index contributed by atoms with van der Waals surface area (Å²) in [4.78, 5) is 11.7. The van der Waals surface area contributed by atoms with Crippen LogP contribution in [0.1, 0.15) is 16.9 Å². The summed E-state index contributed by atoms with van der Waals surface area (Å²) in [5.74, 6) is 0.349. The molecule has 2 aromatic heterocycles. The summed E-state index contributed by atoms with van der Waals surface area (Å²) in [5, 5.41) is 21.2. The Bertz CT molecular complexity index is 847. The normalized spacial score (nSPS) is 10.6. The van der Waals surface area contributed by atoms with E-state index in [0.29, 0.717) is 30.3 Å². The molecule has 0 aliphatic heterocycles. The van der Waals surface area contributed by atoms with Crippen LogP contribution in [0.25, 0.3) is 11.3 Å². The van der Waals surface area contributed by atoms with Crippen LogP contribution < -0.4 is 10.1 Å². The predicted octanol–water partition coefficient (Wildman–Crippen LogP) is 1.55. The number of carbonyl (C=O) groups excluding carboxylic acids is 1. The molecular weight excluding hydrogens is 346 g/mol. The Morgan fingerprint density at radius 3 is 3.04 bits per heavy atom. The maximum atomic E-state index is 11.7. The van der Waals surface area contributed by atoms with Crippen molar-refractivity contribution in [2.24, 2.45) is 0 Å². The highest BCUT2D eigenvalue weighted by Gasteiger charge is 2.09. The molecule has 0 atom stereocenters. The van der Waals surface area contributed by atoms with E-state index in [4.69, 9.17) is 16.3 Å². The number of nitrogens with zero attached hydrogens (tertiary/aromatic N) is 5. The Kier molecular flexibility index (Phi) is 5.24. The topological polar surface area (TPSA) is 111 Å². The number of H-pyrrole nitrogens is 1. The van der Waals surface area contributed by atoms with Gasteiger partial charge >= 0.3 is 0 Å². The van der Waals surface area contributed by atoms with Crippen molar-refractivity contribution < 1.29 is 9.53 Å². The Hall–Kier alpha value is -2.94. The minimum absolute atomic E-state index is 0.263. The molecule has 0 unspecified atom stereocenters. The second-order valence-corrected chi connectivity index (χ2v) is 5.59. The molecule has 130 valence electrons. The summed E-state index contributed by atoms with van der Waals surface area (Å²) in [6, 6.07) is 5.44. The minimum Gasteiger partial charge on any atom is -0.495 e. The van der Waals surface area contributed by atoms with E-state index in [2.05, 4.69) is 31.0 Å². The quantitative estimate of drug-likeness (QED) is 0.617. The van der Waals surface area contributed by atoms with Crippen LogP contribution in [0, 0.1) is 0 Å². The number of hydrogen-bond donors (Lipinski definition) is 2. The van der Waals surface area contributed by atoms with E-state index < -0.39 is 0 Å². The van der Waals surface area contributed by atoms with Gasteiger partial charge in [-0.05, 0) is 24.6 Å². The number of methoxy groups -OCH3 is 1. The number of rotatable bonds is 7. The van der Waals surface area contributed by atoms with Gasteiger partial charge in [-0.25, -0.2) is 0 Å². The van der Waals surface area contributed by atoms with Crippen molar-refractivity contribution >= 4 is 17.5 Å². The maximum Gasteiger partial charge on any atom is 0.273 e. The van der Waals surface area contributed by atoms with Crippen LogP contribution in [0.5, 0.6) is 5.75 Å². The van der Waals surface area contributed by atoms with E-state index in [-0.39, 0.29) is 11.6 Å². The highest BCUT2D eigenvalue weighted by atomic mass is 35.5. The van der Waals surface area contributed by atoms with Gasteiger partial charge < -0.3 is 10.1 Å². The number of hydrogen-bond acceptors (Lipinski definition) is 6. The van der Waals surface area contributed by atoms with E-state index in [1.165, 1.54) is 6.20 Å². The summed E-state index contributed by atoms with van der Waals surface area (Å²) >= 11 is 6.13. The lowest BCUT2D eigenvalue weighted by Crippen LogP contribution is -2.25. The Morgan fingerprint density at radius 2 is 2.32 bits per heavy atom. The number of halogens is 1. The monoisotopic (exact) mass is 361 g/mol. The van der Waals surface area contributed by atoms with Crippen LogP contribution in [0.4, 0.5) is 0 Å². The third kappa shape index (κ3) is 4.13. The minimum atomic E-state index is -0.263. The molecule has 1 amide bonds. The van der Waals surface area contributed by atoms with Crippen molar-refractivity contribution in [1.29, 1.82) is 0 Å². The first-order valence-corrected chi connectivity index (χ1v) is 7.93. The van der Waals surface area contributed by atoms with Gasteiger partial charge in [-0.3, -0.25) is 9.48 Å². The molecule has 3 rings (SSSR count). The van der Waals surface area contributed by atoms with E-state index in [9.17, 15) is 4.79 Å². The van der Waals surface area contributed by atoms with Crippen LogP contribution in [-0.4, -0.2) is 50.0 Å². The van der Waals surface area contributed by atoms with Crippen molar-refractivity contribution in [3.63, 3.8) is 0 Å². The highest BCUT2D eigenvalue weighted by molar-refractivity contribution is 6.32. The van der Waals surface area contributed by atoms with Crippen LogP contribution >= 0.6 is 11.6 Å². The lowest BCUT2D eigenvalue weighted by molar-refractivity contribution is 0.0947. The van der Waals surface area contributed by atoms with Gasteiger partial charge in [-0.15, -0.1) is 5.10 Å². The van der Waals surface area contributed by atoms with E-state index in [0.717, 1.165) is 11.3 Å². The lowest BCUT2D eigenvalue weighted by atomic mass is 10.1. The van der Waals surface area contributed by atoms with Gasteiger partial charge in [0.25, 0.3) is 5.91 Å².